The third-order valence-corrected chi connectivity index (χ3v) is 3.30. The number of nitrogens with zero attached hydrogens (tertiary/aromatic N) is 1. The van der Waals surface area contributed by atoms with Gasteiger partial charge in [0.1, 0.15) is 6.54 Å². The number of rotatable bonds is 6. The molecule has 3 N–H and O–H groups in total. The molecule has 7 heteroatoms. The molecule has 1 amide bonds. The van der Waals surface area contributed by atoms with Gasteiger partial charge < -0.3 is 16.0 Å². The Morgan fingerprint density at radius 2 is 1.75 bits per heavy atom. The summed E-state index contributed by atoms with van der Waals surface area (Å²) in [6, 6.07) is 5.48. The first-order valence-corrected chi connectivity index (χ1v) is 8.73. The van der Waals surface area contributed by atoms with Crippen LogP contribution in [0.4, 0.5) is 0 Å². The number of guanidine groups is 1. The number of halogens is 2. The lowest BCUT2D eigenvalue weighted by atomic mass is 10.1. The first kappa shape index (κ1) is 20.6. The molecular formula is C17H26Cl2N4O. The van der Waals surface area contributed by atoms with Crippen LogP contribution in [0.3, 0.4) is 0 Å². The SMILES string of the molecule is CCNC(=NCC(=O)NC(C)(C)C)NCCc1cc(Cl)cc(Cl)c1. The Bertz CT molecular complexity index is 562. The highest BCUT2D eigenvalue weighted by molar-refractivity contribution is 6.34. The van der Waals surface area contributed by atoms with Gasteiger partial charge in [-0.25, -0.2) is 4.99 Å². The topological polar surface area (TPSA) is 65.5 Å². The Kier molecular flexibility index (Phi) is 8.36. The van der Waals surface area contributed by atoms with Crippen LogP contribution in [-0.4, -0.2) is 37.0 Å². The van der Waals surface area contributed by atoms with E-state index in [1.54, 1.807) is 6.07 Å². The normalized spacial score (nSPS) is 12.0. The standard InChI is InChI=1S/C17H26Cl2N4O/c1-5-20-16(22-11-15(24)23-17(2,3)4)21-7-6-12-8-13(18)10-14(19)9-12/h8-10H,5-7,11H2,1-4H3,(H,23,24)(H2,20,21,22). The van der Waals surface area contributed by atoms with E-state index in [4.69, 9.17) is 23.2 Å². The third kappa shape index (κ3) is 8.99. The van der Waals surface area contributed by atoms with Crippen LogP contribution in [0.5, 0.6) is 0 Å². The molecule has 0 aliphatic carbocycles. The van der Waals surface area contributed by atoms with E-state index < -0.39 is 0 Å². The van der Waals surface area contributed by atoms with Crippen LogP contribution in [0.2, 0.25) is 10.0 Å². The predicted octanol–water partition coefficient (Wildman–Crippen LogP) is 3.01. The zero-order valence-electron chi connectivity index (χ0n) is 14.7. The number of hydrogen-bond acceptors (Lipinski definition) is 2. The van der Waals surface area contributed by atoms with Gasteiger partial charge in [0, 0.05) is 28.7 Å². The summed E-state index contributed by atoms with van der Waals surface area (Å²) in [5.41, 5.74) is 0.783. The fourth-order valence-corrected chi connectivity index (χ4v) is 2.60. The van der Waals surface area contributed by atoms with Gasteiger partial charge in [-0.3, -0.25) is 4.79 Å². The number of nitrogens with one attached hydrogen (secondary N) is 3. The molecule has 1 aromatic carbocycles. The number of benzene rings is 1. The highest BCUT2D eigenvalue weighted by Gasteiger charge is 2.13. The molecule has 0 aromatic heterocycles. The second-order valence-electron chi connectivity index (χ2n) is 6.45. The van der Waals surface area contributed by atoms with Gasteiger partial charge in [-0.2, -0.15) is 0 Å². The van der Waals surface area contributed by atoms with Gasteiger partial charge in [0.25, 0.3) is 0 Å². The molecule has 5 nitrogen and oxygen atoms in total. The lowest BCUT2D eigenvalue weighted by Crippen LogP contribution is -2.43. The Balaban J connectivity index is 2.53. The summed E-state index contributed by atoms with van der Waals surface area (Å²) in [7, 11) is 0. The van der Waals surface area contributed by atoms with E-state index in [0.717, 1.165) is 18.5 Å². The number of carbonyl (C=O) groups excluding carboxylic acids is 1. The Morgan fingerprint density at radius 1 is 1.12 bits per heavy atom. The molecule has 0 saturated carbocycles. The van der Waals surface area contributed by atoms with E-state index in [2.05, 4.69) is 20.9 Å². The Labute approximate surface area is 154 Å². The largest absolute Gasteiger partial charge is 0.357 e. The minimum atomic E-state index is -0.260. The van der Waals surface area contributed by atoms with Crippen LogP contribution in [-0.2, 0) is 11.2 Å². The molecule has 1 aromatic rings. The maximum atomic E-state index is 11.8. The molecule has 0 bridgehead atoms. The van der Waals surface area contributed by atoms with Gasteiger partial charge in [0.05, 0.1) is 0 Å². The Hall–Kier alpha value is -1.46. The monoisotopic (exact) mass is 372 g/mol. The van der Waals surface area contributed by atoms with Crippen molar-refractivity contribution in [3.05, 3.63) is 33.8 Å². The number of amides is 1. The Morgan fingerprint density at radius 3 is 2.29 bits per heavy atom. The van der Waals surface area contributed by atoms with Crippen LogP contribution in [0, 0.1) is 0 Å². The predicted molar refractivity (Wildman–Crippen MR) is 102 cm³/mol. The van der Waals surface area contributed by atoms with E-state index in [-0.39, 0.29) is 18.0 Å². The molecule has 0 saturated heterocycles. The van der Waals surface area contributed by atoms with Crippen molar-refractivity contribution >= 4 is 35.1 Å². The average molecular weight is 373 g/mol. The van der Waals surface area contributed by atoms with Crippen molar-refractivity contribution in [2.24, 2.45) is 4.99 Å². The number of hydrogen-bond donors (Lipinski definition) is 3. The van der Waals surface area contributed by atoms with Gasteiger partial charge in [-0.05, 0) is 57.9 Å². The van der Waals surface area contributed by atoms with Gasteiger partial charge >= 0.3 is 0 Å². The maximum Gasteiger partial charge on any atom is 0.242 e. The van der Waals surface area contributed by atoms with Crippen molar-refractivity contribution in [1.29, 1.82) is 0 Å². The van der Waals surface area contributed by atoms with E-state index >= 15 is 0 Å². The van der Waals surface area contributed by atoms with Crippen LogP contribution in [0.1, 0.15) is 33.3 Å². The summed E-state index contributed by atoms with van der Waals surface area (Å²) >= 11 is 12.0. The summed E-state index contributed by atoms with van der Waals surface area (Å²) in [4.78, 5) is 16.1. The number of aliphatic imine (C=N–C) groups is 1. The van der Waals surface area contributed by atoms with Crippen molar-refractivity contribution in [3.8, 4) is 0 Å². The van der Waals surface area contributed by atoms with E-state index in [9.17, 15) is 4.79 Å². The van der Waals surface area contributed by atoms with Crippen LogP contribution in [0.15, 0.2) is 23.2 Å². The van der Waals surface area contributed by atoms with E-state index in [1.807, 2.05) is 39.8 Å². The van der Waals surface area contributed by atoms with Crippen molar-refractivity contribution in [1.82, 2.24) is 16.0 Å². The summed E-state index contributed by atoms with van der Waals surface area (Å²) in [5, 5.41) is 10.4. The van der Waals surface area contributed by atoms with Gasteiger partial charge in [0.2, 0.25) is 5.91 Å². The van der Waals surface area contributed by atoms with Crippen molar-refractivity contribution < 1.29 is 4.79 Å². The molecule has 0 atom stereocenters. The summed E-state index contributed by atoms with van der Waals surface area (Å²) in [6.07, 6.45) is 0.749. The molecule has 0 aliphatic heterocycles. The number of carbonyl (C=O) groups is 1. The molecule has 1 rings (SSSR count). The smallest absolute Gasteiger partial charge is 0.242 e. The van der Waals surface area contributed by atoms with Crippen molar-refractivity contribution in [2.45, 2.75) is 39.7 Å². The van der Waals surface area contributed by atoms with Crippen LogP contribution >= 0.6 is 23.2 Å². The first-order valence-electron chi connectivity index (χ1n) is 7.98. The van der Waals surface area contributed by atoms with Crippen LogP contribution < -0.4 is 16.0 Å². The fraction of sp³-hybridized carbons (Fsp3) is 0.529. The molecule has 0 heterocycles. The maximum absolute atomic E-state index is 11.8. The molecule has 24 heavy (non-hydrogen) atoms. The third-order valence-electron chi connectivity index (χ3n) is 2.87. The molecule has 0 unspecified atom stereocenters. The molecular weight excluding hydrogens is 347 g/mol. The molecule has 0 radical (unpaired) electrons. The van der Waals surface area contributed by atoms with Crippen molar-refractivity contribution in [2.75, 3.05) is 19.6 Å². The highest BCUT2D eigenvalue weighted by Crippen LogP contribution is 2.19. The van der Waals surface area contributed by atoms with Gasteiger partial charge in [0.15, 0.2) is 5.96 Å². The van der Waals surface area contributed by atoms with Gasteiger partial charge in [-0.1, -0.05) is 23.2 Å². The quantitative estimate of drug-likeness (QED) is 0.531. The molecule has 0 fully saturated rings. The minimum absolute atomic E-state index is 0.0790. The second kappa shape index (κ2) is 9.74. The zero-order valence-corrected chi connectivity index (χ0v) is 16.2. The average Bonchev–Trinajstić information content (AvgIpc) is 2.42. The van der Waals surface area contributed by atoms with Crippen LogP contribution in [0.25, 0.3) is 0 Å². The molecule has 0 spiro atoms. The summed E-state index contributed by atoms with van der Waals surface area (Å²) in [6.45, 7) is 9.24. The lowest BCUT2D eigenvalue weighted by molar-refractivity contribution is -0.121. The second-order valence-corrected chi connectivity index (χ2v) is 7.32. The zero-order chi connectivity index (χ0) is 18.2. The minimum Gasteiger partial charge on any atom is -0.357 e. The molecule has 0 aliphatic rings. The fourth-order valence-electron chi connectivity index (χ4n) is 2.03. The van der Waals surface area contributed by atoms with Gasteiger partial charge in [-0.15, -0.1) is 0 Å². The molecule has 134 valence electrons. The van der Waals surface area contributed by atoms with E-state index in [1.165, 1.54) is 0 Å². The highest BCUT2D eigenvalue weighted by atomic mass is 35.5. The summed E-state index contributed by atoms with van der Waals surface area (Å²) < 4.78 is 0. The van der Waals surface area contributed by atoms with Crippen molar-refractivity contribution in [3.63, 3.8) is 0 Å². The lowest BCUT2D eigenvalue weighted by Gasteiger charge is -2.20. The summed E-state index contributed by atoms with van der Waals surface area (Å²) in [5.74, 6) is 0.496. The van der Waals surface area contributed by atoms with E-state index in [0.29, 0.717) is 22.5 Å². The first-order chi connectivity index (χ1) is 11.2.